The van der Waals surface area contributed by atoms with Crippen LogP contribution in [-0.2, 0) is 0 Å². The number of carbonyl (C=O) groups is 1. The Morgan fingerprint density at radius 1 is 1.16 bits per heavy atom. The molecule has 0 aliphatic carbocycles. The lowest BCUT2D eigenvalue weighted by Crippen LogP contribution is -2.38. The Labute approximate surface area is 188 Å². The van der Waals surface area contributed by atoms with Gasteiger partial charge in [-0.3, -0.25) is 4.98 Å². The second kappa shape index (κ2) is 9.77. The van der Waals surface area contributed by atoms with Crippen molar-refractivity contribution in [2.24, 2.45) is 0 Å². The van der Waals surface area contributed by atoms with Crippen LogP contribution >= 0.6 is 0 Å². The first-order valence-electron chi connectivity index (χ1n) is 11.1. The van der Waals surface area contributed by atoms with Crippen LogP contribution in [0.5, 0.6) is 5.75 Å². The number of nitrogens with zero attached hydrogens (tertiary/aromatic N) is 4. The van der Waals surface area contributed by atoms with Gasteiger partial charge in [-0.05, 0) is 42.2 Å². The number of anilines is 1. The van der Waals surface area contributed by atoms with Crippen LogP contribution in [0.4, 0.5) is 5.82 Å². The van der Waals surface area contributed by atoms with Gasteiger partial charge in [-0.25, -0.2) is 4.79 Å². The number of rotatable bonds is 7. The summed E-state index contributed by atoms with van der Waals surface area (Å²) in [4.78, 5) is 17.4. The van der Waals surface area contributed by atoms with Crippen molar-refractivity contribution >= 4 is 11.8 Å². The fraction of sp³-hybridized carbons (Fsp3) is 0.360. The average Bonchev–Trinajstić information content (AvgIpc) is 2.84. The number of piperidine rings is 1. The van der Waals surface area contributed by atoms with E-state index in [1.165, 1.54) is 11.8 Å². The van der Waals surface area contributed by atoms with E-state index < -0.39 is 5.97 Å². The maximum absolute atomic E-state index is 11.2. The number of carboxylic acids is 1. The minimum atomic E-state index is -1.01. The minimum absolute atomic E-state index is 0.130. The van der Waals surface area contributed by atoms with Gasteiger partial charge in [0.05, 0.1) is 11.3 Å². The molecule has 4 rings (SSSR count). The number of carboxylic acid groups (broad SMARTS) is 1. The molecule has 0 radical (unpaired) electrons. The highest BCUT2D eigenvalue weighted by atomic mass is 16.5. The predicted molar refractivity (Wildman–Crippen MR) is 123 cm³/mol. The molecule has 1 unspecified atom stereocenters. The van der Waals surface area contributed by atoms with Gasteiger partial charge in [-0.15, -0.1) is 10.2 Å². The van der Waals surface area contributed by atoms with E-state index in [0.29, 0.717) is 17.2 Å². The van der Waals surface area contributed by atoms with Gasteiger partial charge in [0.15, 0.2) is 5.82 Å². The Morgan fingerprint density at radius 3 is 2.62 bits per heavy atom. The van der Waals surface area contributed by atoms with Crippen molar-refractivity contribution in [2.75, 3.05) is 18.0 Å². The quantitative estimate of drug-likeness (QED) is 0.574. The number of para-hydroxylation sites is 1. The summed E-state index contributed by atoms with van der Waals surface area (Å²) in [6.45, 7) is 6.13. The Bertz CT molecular complexity index is 1060. The van der Waals surface area contributed by atoms with Crippen LogP contribution in [0, 0.1) is 0 Å². The molecule has 0 amide bonds. The molecule has 3 heterocycles. The zero-order chi connectivity index (χ0) is 22.5. The maximum atomic E-state index is 11.2. The lowest BCUT2D eigenvalue weighted by Gasteiger charge is -2.33. The van der Waals surface area contributed by atoms with E-state index in [1.807, 2.05) is 18.2 Å². The Morgan fingerprint density at radius 2 is 1.94 bits per heavy atom. The fourth-order valence-electron chi connectivity index (χ4n) is 3.94. The number of hydrogen-bond donors (Lipinski definition) is 1. The zero-order valence-corrected chi connectivity index (χ0v) is 18.4. The third kappa shape index (κ3) is 4.88. The lowest BCUT2D eigenvalue weighted by molar-refractivity contribution is 0.0696. The molecule has 1 aliphatic rings. The van der Waals surface area contributed by atoms with Crippen LogP contribution in [-0.4, -0.2) is 45.5 Å². The summed E-state index contributed by atoms with van der Waals surface area (Å²) in [7, 11) is 0. The van der Waals surface area contributed by atoms with Crippen molar-refractivity contribution in [3.8, 4) is 17.0 Å². The molecule has 1 N–H and O–H groups in total. The molecule has 166 valence electrons. The zero-order valence-electron chi connectivity index (χ0n) is 18.4. The monoisotopic (exact) mass is 432 g/mol. The number of pyridine rings is 1. The summed E-state index contributed by atoms with van der Waals surface area (Å²) < 4.78 is 6.38. The van der Waals surface area contributed by atoms with Crippen LogP contribution < -0.4 is 9.64 Å². The second-order valence-electron chi connectivity index (χ2n) is 8.20. The molecule has 0 spiro atoms. The molecule has 1 atom stereocenters. The summed E-state index contributed by atoms with van der Waals surface area (Å²) in [6.07, 6.45) is 6.03. The van der Waals surface area contributed by atoms with Gasteiger partial charge in [-0.1, -0.05) is 32.0 Å². The van der Waals surface area contributed by atoms with Crippen molar-refractivity contribution in [1.82, 2.24) is 15.2 Å². The molecule has 7 nitrogen and oxygen atoms in total. The standard InChI is InChI=1S/C25H28N4O3/c1-3-17(2)21-6-4-5-7-23(21)32-20-10-12-29(13-11-20)24-9-8-22(27-28-24)18-14-19(25(30)31)16-26-15-18/h4-9,14-17,20H,3,10-13H2,1-2H3,(H,30,31). The normalized spacial score (nSPS) is 15.4. The SMILES string of the molecule is CCC(C)c1ccccc1OC1CCN(c2ccc(-c3cncc(C(=O)O)c3)nn2)CC1. The van der Waals surface area contributed by atoms with Crippen molar-refractivity contribution < 1.29 is 14.6 Å². The highest BCUT2D eigenvalue weighted by molar-refractivity contribution is 5.88. The number of aromatic nitrogens is 3. The van der Waals surface area contributed by atoms with Crippen molar-refractivity contribution in [1.29, 1.82) is 0 Å². The molecule has 2 aromatic heterocycles. The maximum Gasteiger partial charge on any atom is 0.337 e. The van der Waals surface area contributed by atoms with Gasteiger partial charge in [-0.2, -0.15) is 0 Å². The second-order valence-corrected chi connectivity index (χ2v) is 8.20. The Balaban J connectivity index is 1.38. The predicted octanol–water partition coefficient (Wildman–Crippen LogP) is 4.80. The first-order valence-corrected chi connectivity index (χ1v) is 11.1. The van der Waals surface area contributed by atoms with E-state index in [4.69, 9.17) is 9.84 Å². The lowest BCUT2D eigenvalue weighted by atomic mass is 9.97. The Kier molecular flexibility index (Phi) is 6.63. The van der Waals surface area contributed by atoms with Crippen LogP contribution in [0.15, 0.2) is 54.9 Å². The van der Waals surface area contributed by atoms with Gasteiger partial charge >= 0.3 is 5.97 Å². The third-order valence-electron chi connectivity index (χ3n) is 6.05. The van der Waals surface area contributed by atoms with E-state index in [-0.39, 0.29) is 11.7 Å². The van der Waals surface area contributed by atoms with Crippen molar-refractivity contribution in [3.05, 3.63) is 66.0 Å². The van der Waals surface area contributed by atoms with Crippen LogP contribution in [0.25, 0.3) is 11.3 Å². The highest BCUT2D eigenvalue weighted by Crippen LogP contribution is 2.31. The third-order valence-corrected chi connectivity index (χ3v) is 6.05. The van der Waals surface area contributed by atoms with Gasteiger partial charge in [0.2, 0.25) is 0 Å². The van der Waals surface area contributed by atoms with E-state index in [9.17, 15) is 4.79 Å². The molecule has 1 saturated heterocycles. The molecule has 0 bridgehead atoms. The summed E-state index contributed by atoms with van der Waals surface area (Å²) in [5.41, 5.74) is 2.64. The molecule has 1 aliphatic heterocycles. The van der Waals surface area contributed by atoms with E-state index >= 15 is 0 Å². The van der Waals surface area contributed by atoms with Gasteiger partial charge in [0.1, 0.15) is 11.9 Å². The summed E-state index contributed by atoms with van der Waals surface area (Å²) in [5.74, 6) is 1.28. The van der Waals surface area contributed by atoms with Crippen LogP contribution in [0.3, 0.4) is 0 Å². The molecule has 0 saturated carbocycles. The molecule has 7 heteroatoms. The number of benzene rings is 1. The first kappa shape index (κ1) is 21.7. The fourth-order valence-corrected chi connectivity index (χ4v) is 3.94. The van der Waals surface area contributed by atoms with Gasteiger partial charge in [0.25, 0.3) is 0 Å². The minimum Gasteiger partial charge on any atom is -0.490 e. The highest BCUT2D eigenvalue weighted by Gasteiger charge is 2.23. The summed E-state index contributed by atoms with van der Waals surface area (Å²) in [5, 5.41) is 17.8. The summed E-state index contributed by atoms with van der Waals surface area (Å²) in [6, 6.07) is 13.7. The Hall–Kier alpha value is -3.48. The molecular formula is C25H28N4O3. The van der Waals surface area contributed by atoms with Crippen LogP contribution in [0.2, 0.25) is 0 Å². The largest absolute Gasteiger partial charge is 0.490 e. The van der Waals surface area contributed by atoms with E-state index in [0.717, 1.165) is 43.9 Å². The topological polar surface area (TPSA) is 88.4 Å². The molecular weight excluding hydrogens is 404 g/mol. The van der Waals surface area contributed by atoms with Gasteiger partial charge < -0.3 is 14.7 Å². The molecule has 1 fully saturated rings. The van der Waals surface area contributed by atoms with E-state index in [2.05, 4.69) is 52.1 Å². The van der Waals surface area contributed by atoms with Crippen LogP contribution in [0.1, 0.15) is 54.9 Å². The number of hydrogen-bond acceptors (Lipinski definition) is 6. The average molecular weight is 433 g/mol. The molecule has 3 aromatic rings. The molecule has 32 heavy (non-hydrogen) atoms. The van der Waals surface area contributed by atoms with E-state index in [1.54, 1.807) is 12.3 Å². The number of aromatic carboxylic acids is 1. The van der Waals surface area contributed by atoms with Crippen molar-refractivity contribution in [2.45, 2.75) is 45.1 Å². The smallest absolute Gasteiger partial charge is 0.337 e. The summed E-state index contributed by atoms with van der Waals surface area (Å²) >= 11 is 0. The first-order chi connectivity index (χ1) is 15.5. The number of ether oxygens (including phenoxy) is 1. The van der Waals surface area contributed by atoms with Gasteiger partial charge in [0, 0.05) is 43.9 Å². The van der Waals surface area contributed by atoms with Crippen molar-refractivity contribution in [3.63, 3.8) is 0 Å². The molecule has 1 aromatic carbocycles.